The van der Waals surface area contributed by atoms with Crippen LogP contribution in [0, 0.1) is 6.92 Å². The maximum atomic E-state index is 12.1. The molecule has 0 spiro atoms. The number of ether oxygens (including phenoxy) is 3. The summed E-state index contributed by atoms with van der Waals surface area (Å²) >= 11 is 0. The van der Waals surface area contributed by atoms with Crippen LogP contribution in [0.2, 0.25) is 0 Å². The van der Waals surface area contributed by atoms with Gasteiger partial charge in [0.25, 0.3) is 0 Å². The fraction of sp³-hybridized carbons (Fsp3) is 0.316. The van der Waals surface area contributed by atoms with E-state index in [0.717, 1.165) is 5.56 Å². The van der Waals surface area contributed by atoms with Crippen molar-refractivity contribution in [2.75, 3.05) is 32.4 Å². The maximum Gasteiger partial charge on any atom is 0.339 e. The molecule has 0 amide bonds. The van der Waals surface area contributed by atoms with Crippen LogP contribution in [0.4, 0.5) is 0 Å². The van der Waals surface area contributed by atoms with Crippen LogP contribution in [0.5, 0.6) is 11.5 Å². The van der Waals surface area contributed by atoms with Crippen molar-refractivity contribution in [1.29, 1.82) is 0 Å². The summed E-state index contributed by atoms with van der Waals surface area (Å²) in [6, 6.07) is 10.5. The fourth-order valence-electron chi connectivity index (χ4n) is 2.20. The van der Waals surface area contributed by atoms with E-state index in [9.17, 15) is 18.3 Å². The lowest BCUT2D eigenvalue weighted by atomic mass is 10.2. The molecule has 0 fully saturated rings. The molecule has 2 N–H and O–H groups in total. The van der Waals surface area contributed by atoms with Crippen LogP contribution in [0.1, 0.15) is 15.9 Å². The van der Waals surface area contributed by atoms with Crippen molar-refractivity contribution in [3.63, 3.8) is 0 Å². The van der Waals surface area contributed by atoms with Gasteiger partial charge in [0.1, 0.15) is 30.5 Å². The highest BCUT2D eigenvalue weighted by atomic mass is 32.2. The van der Waals surface area contributed by atoms with Crippen molar-refractivity contribution < 1.29 is 37.6 Å². The Morgan fingerprint density at radius 1 is 1.00 bits per heavy atom. The number of hydrogen-bond acceptors (Lipinski definition) is 7. The Balaban J connectivity index is 1.63. The number of aryl methyl sites for hydroxylation is 1. The van der Waals surface area contributed by atoms with Gasteiger partial charge in [-0.05, 0) is 37.3 Å². The number of aromatic hydroxyl groups is 1. The van der Waals surface area contributed by atoms with Crippen molar-refractivity contribution in [2.45, 2.75) is 11.8 Å². The van der Waals surface area contributed by atoms with Crippen LogP contribution < -0.4 is 4.74 Å². The molecule has 0 aliphatic rings. The van der Waals surface area contributed by atoms with Gasteiger partial charge in [0.05, 0.1) is 23.9 Å². The van der Waals surface area contributed by atoms with Crippen LogP contribution in [0.3, 0.4) is 0 Å². The van der Waals surface area contributed by atoms with Gasteiger partial charge in [-0.1, -0.05) is 17.7 Å². The van der Waals surface area contributed by atoms with Gasteiger partial charge < -0.3 is 24.4 Å². The van der Waals surface area contributed by atoms with Crippen LogP contribution >= 0.6 is 0 Å². The summed E-state index contributed by atoms with van der Waals surface area (Å²) in [4.78, 5) is 11.2. The number of carbonyl (C=O) groups is 1. The number of sulfone groups is 1. The monoisotopic (exact) mass is 410 g/mol. The third-order valence-corrected chi connectivity index (χ3v) is 5.43. The van der Waals surface area contributed by atoms with Gasteiger partial charge in [0.2, 0.25) is 0 Å². The average Bonchev–Trinajstić information content (AvgIpc) is 2.65. The summed E-state index contributed by atoms with van der Waals surface area (Å²) in [5.41, 5.74) is 0.730. The van der Waals surface area contributed by atoms with E-state index < -0.39 is 15.8 Å². The SMILES string of the molecule is Cc1ccc(S(=O)(=O)CCOCOCCOc2ccc(O)c(C(=O)O)c2)cc1. The highest BCUT2D eigenvalue weighted by Crippen LogP contribution is 2.22. The topological polar surface area (TPSA) is 119 Å². The minimum Gasteiger partial charge on any atom is -0.507 e. The smallest absolute Gasteiger partial charge is 0.339 e. The number of benzene rings is 2. The molecule has 9 heteroatoms. The Labute approximate surface area is 163 Å². The van der Waals surface area contributed by atoms with Crippen LogP contribution in [0.25, 0.3) is 0 Å². The van der Waals surface area contributed by atoms with Gasteiger partial charge in [0, 0.05) is 0 Å². The lowest BCUT2D eigenvalue weighted by molar-refractivity contribution is -0.0555. The molecule has 0 aliphatic heterocycles. The number of carboxylic acid groups (broad SMARTS) is 1. The lowest BCUT2D eigenvalue weighted by Crippen LogP contribution is -2.15. The van der Waals surface area contributed by atoms with Crippen molar-refractivity contribution in [3.8, 4) is 11.5 Å². The number of rotatable bonds is 11. The minimum atomic E-state index is -3.40. The molecular weight excluding hydrogens is 388 g/mol. The molecule has 8 nitrogen and oxygen atoms in total. The second-order valence-corrected chi connectivity index (χ2v) is 8.01. The average molecular weight is 410 g/mol. The summed E-state index contributed by atoms with van der Waals surface area (Å²) < 4.78 is 39.9. The van der Waals surface area contributed by atoms with Crippen LogP contribution in [-0.4, -0.2) is 57.0 Å². The second kappa shape index (κ2) is 10.1. The standard InChI is InChI=1S/C19H22O8S/c1-14-2-5-16(6-3-14)28(23,24)11-10-26-13-25-8-9-27-15-4-7-18(20)17(12-15)19(21)22/h2-7,12,20H,8-11,13H2,1H3,(H,21,22). The Morgan fingerprint density at radius 3 is 2.36 bits per heavy atom. The third-order valence-electron chi connectivity index (χ3n) is 3.74. The molecule has 0 saturated carbocycles. The molecule has 0 aliphatic carbocycles. The van der Waals surface area contributed by atoms with Gasteiger partial charge in [-0.15, -0.1) is 0 Å². The number of carboxylic acids is 1. The van der Waals surface area contributed by atoms with E-state index in [1.807, 2.05) is 6.92 Å². The van der Waals surface area contributed by atoms with E-state index in [1.165, 1.54) is 18.2 Å². The number of hydrogen-bond donors (Lipinski definition) is 2. The molecule has 0 saturated heterocycles. The Hall–Kier alpha value is -2.62. The molecule has 0 heterocycles. The van der Waals surface area contributed by atoms with Crippen LogP contribution in [0.15, 0.2) is 47.4 Å². The number of aromatic carboxylic acids is 1. The minimum absolute atomic E-state index is 0.00298. The van der Waals surface area contributed by atoms with Crippen LogP contribution in [-0.2, 0) is 19.3 Å². The van der Waals surface area contributed by atoms with Crippen molar-refractivity contribution in [1.82, 2.24) is 0 Å². The van der Waals surface area contributed by atoms with Crippen molar-refractivity contribution in [2.24, 2.45) is 0 Å². The number of phenols is 1. The van der Waals surface area contributed by atoms with Gasteiger partial charge in [0.15, 0.2) is 9.84 Å². The zero-order valence-corrected chi connectivity index (χ0v) is 16.1. The predicted octanol–water partition coefficient (Wildman–Crippen LogP) is 2.24. The first-order valence-corrected chi connectivity index (χ1v) is 10.1. The summed E-state index contributed by atoms with van der Waals surface area (Å²) in [7, 11) is -3.40. The normalized spacial score (nSPS) is 11.3. The summed E-state index contributed by atoms with van der Waals surface area (Å²) in [5.74, 6) is -1.47. The molecule has 0 radical (unpaired) electrons. The van der Waals surface area contributed by atoms with Gasteiger partial charge in [-0.25, -0.2) is 13.2 Å². The van der Waals surface area contributed by atoms with Gasteiger partial charge in [-0.2, -0.15) is 0 Å². The van der Waals surface area contributed by atoms with E-state index in [1.54, 1.807) is 24.3 Å². The third kappa shape index (κ3) is 6.52. The van der Waals surface area contributed by atoms with Crippen molar-refractivity contribution in [3.05, 3.63) is 53.6 Å². The zero-order chi connectivity index (χ0) is 20.6. The van der Waals surface area contributed by atoms with E-state index in [0.29, 0.717) is 0 Å². The Bertz CT molecular complexity index is 891. The predicted molar refractivity (Wildman–Crippen MR) is 101 cm³/mol. The second-order valence-electron chi connectivity index (χ2n) is 5.90. The first-order valence-electron chi connectivity index (χ1n) is 8.43. The Kier molecular flexibility index (Phi) is 7.80. The quantitative estimate of drug-likeness (QED) is 0.428. The maximum absolute atomic E-state index is 12.1. The molecular formula is C19H22O8S. The lowest BCUT2D eigenvalue weighted by Gasteiger charge is -2.09. The Morgan fingerprint density at radius 2 is 1.68 bits per heavy atom. The van der Waals surface area contributed by atoms with E-state index >= 15 is 0 Å². The molecule has 28 heavy (non-hydrogen) atoms. The fourth-order valence-corrected chi connectivity index (χ4v) is 3.33. The van der Waals surface area contributed by atoms with E-state index in [4.69, 9.17) is 19.3 Å². The summed E-state index contributed by atoms with van der Waals surface area (Å²) in [6.07, 6.45) is 0. The molecule has 0 bridgehead atoms. The summed E-state index contributed by atoms with van der Waals surface area (Å²) in [6.45, 7) is 2.08. The van der Waals surface area contributed by atoms with Crippen molar-refractivity contribution >= 4 is 15.8 Å². The molecule has 0 aromatic heterocycles. The first-order chi connectivity index (χ1) is 13.3. The molecule has 0 atom stereocenters. The zero-order valence-electron chi connectivity index (χ0n) is 15.3. The van der Waals surface area contributed by atoms with Gasteiger partial charge in [-0.3, -0.25) is 0 Å². The molecule has 0 unspecified atom stereocenters. The summed E-state index contributed by atoms with van der Waals surface area (Å²) in [5, 5.41) is 18.3. The van der Waals surface area contributed by atoms with E-state index in [2.05, 4.69) is 0 Å². The largest absolute Gasteiger partial charge is 0.507 e. The molecule has 152 valence electrons. The molecule has 2 rings (SSSR count). The van der Waals surface area contributed by atoms with E-state index in [-0.39, 0.29) is 54.3 Å². The highest BCUT2D eigenvalue weighted by molar-refractivity contribution is 7.91. The first kappa shape index (κ1) is 21.7. The molecule has 2 aromatic rings. The highest BCUT2D eigenvalue weighted by Gasteiger charge is 2.14. The molecule has 2 aromatic carbocycles. The van der Waals surface area contributed by atoms with Gasteiger partial charge >= 0.3 is 5.97 Å².